The summed E-state index contributed by atoms with van der Waals surface area (Å²) >= 11 is 0. The van der Waals surface area contributed by atoms with Crippen LogP contribution in [0.25, 0.3) is 0 Å². The molecule has 23 heteroatoms. The Labute approximate surface area is 694 Å². The normalized spacial score (nSPS) is 12.8. The summed E-state index contributed by atoms with van der Waals surface area (Å²) in [7, 11) is 1.92. The van der Waals surface area contributed by atoms with Gasteiger partial charge in [0.15, 0.2) is 0 Å². The molecule has 0 aliphatic heterocycles. The second-order valence-corrected chi connectivity index (χ2v) is 32.8. The molecule has 4 atom stereocenters. The Hall–Kier alpha value is -4.52. The quantitative estimate of drug-likeness (QED) is 0.0159. The van der Waals surface area contributed by atoms with Gasteiger partial charge in [0.25, 0.3) is 0 Å². The minimum absolute atomic E-state index is 0.111. The SMILES string of the molecule is CCCCCCC(CCCCCC)C(=O)OCCCCNC(=O)C(O)CN(CCCN(C)CCCN(CC(O)C(=O)NCCCCOC(=O)C(CCCCCC)CCCCCC)CC(O)C(=O)NCCCCOC(=O)C(CCCCCC)CCCCCC)CC(O)C(=O)NCCCCOC(=O)C(CCCCCC)CCCCCC. The second-order valence-electron chi connectivity index (χ2n) is 32.8. The molecule has 0 spiro atoms. The molecule has 0 aromatic rings. The lowest BCUT2D eigenvalue weighted by Gasteiger charge is -2.28. The van der Waals surface area contributed by atoms with Gasteiger partial charge in [-0.2, -0.15) is 0 Å². The summed E-state index contributed by atoms with van der Waals surface area (Å²) in [5, 5.41) is 56.6. The first kappa shape index (κ1) is 109. The molecule has 4 unspecified atom stereocenters. The third-order valence-corrected chi connectivity index (χ3v) is 22.0. The second kappa shape index (κ2) is 78.3. The smallest absolute Gasteiger partial charge is 0.308 e. The van der Waals surface area contributed by atoms with Gasteiger partial charge < -0.3 is 65.5 Å². The Morgan fingerprint density at radius 2 is 0.430 bits per heavy atom. The number of esters is 4. The van der Waals surface area contributed by atoms with Crippen molar-refractivity contribution in [1.29, 1.82) is 0 Å². The third kappa shape index (κ3) is 62.6. The van der Waals surface area contributed by atoms with Crippen LogP contribution in [0, 0.1) is 23.7 Å². The van der Waals surface area contributed by atoms with Gasteiger partial charge in [0.2, 0.25) is 23.6 Å². The number of hydrogen-bond acceptors (Lipinski definition) is 19. The molecule has 0 rings (SSSR count). The number of unbranched alkanes of at least 4 members (excludes halogenated alkanes) is 28. The summed E-state index contributed by atoms with van der Waals surface area (Å²) in [4.78, 5) is 112. The number of amides is 4. The monoisotopic (exact) mass is 1620 g/mol. The van der Waals surface area contributed by atoms with Crippen molar-refractivity contribution in [2.75, 3.05) is 112 Å². The van der Waals surface area contributed by atoms with E-state index in [0.29, 0.717) is 77.3 Å². The average molecular weight is 1620 g/mol. The molecule has 114 heavy (non-hydrogen) atoms. The highest BCUT2D eigenvalue weighted by Gasteiger charge is 2.28. The van der Waals surface area contributed by atoms with Crippen molar-refractivity contribution in [3.05, 3.63) is 0 Å². The number of ether oxygens (including phenoxy) is 4. The Balaban J connectivity index is 6.20. The van der Waals surface area contributed by atoms with Crippen LogP contribution in [0.3, 0.4) is 0 Å². The van der Waals surface area contributed by atoms with Gasteiger partial charge in [-0.25, -0.2) is 0 Å². The van der Waals surface area contributed by atoms with E-state index in [2.05, 4.69) is 81.6 Å². The molecule has 0 aromatic carbocycles. The van der Waals surface area contributed by atoms with Gasteiger partial charge in [-0.1, -0.05) is 261 Å². The molecule has 4 amide bonds. The highest BCUT2D eigenvalue weighted by molar-refractivity contribution is 5.82. The van der Waals surface area contributed by atoms with E-state index in [1.54, 1.807) is 9.80 Å². The van der Waals surface area contributed by atoms with Crippen LogP contribution in [0.2, 0.25) is 0 Å². The molecular formula is C91H175N7O16. The van der Waals surface area contributed by atoms with Gasteiger partial charge >= 0.3 is 23.9 Å². The molecule has 0 aromatic heterocycles. The average Bonchev–Trinajstić information content (AvgIpc) is 0.939. The zero-order chi connectivity index (χ0) is 84.3. The number of hydrogen-bond donors (Lipinski definition) is 8. The number of carbonyl (C=O) groups is 8. The van der Waals surface area contributed by atoms with Crippen LogP contribution in [-0.2, 0) is 57.3 Å². The molecule has 0 aliphatic carbocycles. The van der Waals surface area contributed by atoms with Crippen LogP contribution in [-0.4, -0.2) is 219 Å². The molecular weight excluding hydrogens is 1450 g/mol. The van der Waals surface area contributed by atoms with Crippen LogP contribution < -0.4 is 21.3 Å². The molecule has 670 valence electrons. The first-order valence-electron chi connectivity index (χ1n) is 46.9. The molecule has 0 aliphatic rings. The van der Waals surface area contributed by atoms with Crippen molar-refractivity contribution in [2.24, 2.45) is 23.7 Å². The number of aliphatic hydroxyl groups excluding tert-OH is 4. The number of nitrogens with zero attached hydrogens (tertiary/aromatic N) is 3. The van der Waals surface area contributed by atoms with Crippen LogP contribution >= 0.6 is 0 Å². The zero-order valence-electron chi connectivity index (χ0n) is 74.3. The maximum atomic E-state index is 13.4. The summed E-state index contributed by atoms with van der Waals surface area (Å²) in [5.41, 5.74) is 0. The zero-order valence-corrected chi connectivity index (χ0v) is 74.3. The molecule has 0 bridgehead atoms. The summed E-state index contributed by atoms with van der Waals surface area (Å²) in [6, 6.07) is 0. The van der Waals surface area contributed by atoms with Crippen LogP contribution in [0.1, 0.15) is 376 Å². The van der Waals surface area contributed by atoms with Gasteiger partial charge in [-0.15, -0.1) is 0 Å². The topological polar surface area (TPSA) is 312 Å². The number of carbonyl (C=O) groups excluding carboxylic acids is 8. The standard InChI is InChI=1S/C91H175N7O16/c1-10-18-26-34-52-76(53-35-27-19-11-2)88(107)111-68-46-42-60-92-84(103)80(99)72-97(73-81(100)85(104)93-61-43-47-69-112-89(108)77(54-36-28-20-12-3)55-37-29-21-13-4)66-50-64-96(9)65-51-67-98(74-82(101)86(105)94-62-44-48-70-113-90(109)78(56-38-30-22-14-5)57-39-31-23-15-6)75-83(102)87(106)95-63-45-49-71-114-91(110)79(58-40-32-24-16-7)59-41-33-25-17-8/h76-83,99-102H,10-75H2,1-9H3,(H,92,103)(H,93,104)(H,94,105)(H,95,106). The predicted octanol–water partition coefficient (Wildman–Crippen LogP) is 15.7. The van der Waals surface area contributed by atoms with Gasteiger partial charge in [-0.3, -0.25) is 48.2 Å². The minimum Gasteiger partial charge on any atom is -0.465 e. The fraction of sp³-hybridized carbons (Fsp3) is 0.912. The molecule has 0 heterocycles. The van der Waals surface area contributed by atoms with E-state index in [4.69, 9.17) is 18.9 Å². The van der Waals surface area contributed by atoms with Crippen molar-refractivity contribution >= 4 is 47.5 Å². The van der Waals surface area contributed by atoms with Crippen molar-refractivity contribution in [3.8, 4) is 0 Å². The van der Waals surface area contributed by atoms with Gasteiger partial charge in [0.1, 0.15) is 24.4 Å². The molecule has 0 fully saturated rings. The van der Waals surface area contributed by atoms with Crippen LogP contribution in [0.15, 0.2) is 0 Å². The third-order valence-electron chi connectivity index (χ3n) is 22.0. The number of nitrogens with one attached hydrogen (secondary N) is 4. The molecule has 0 radical (unpaired) electrons. The van der Waals surface area contributed by atoms with E-state index < -0.39 is 48.0 Å². The summed E-state index contributed by atoms with van der Waals surface area (Å²) < 4.78 is 23.0. The number of aliphatic hydroxyl groups is 4. The summed E-state index contributed by atoms with van der Waals surface area (Å²) in [6.07, 6.45) is 40.8. The lowest BCUT2D eigenvalue weighted by Crippen LogP contribution is -2.49. The van der Waals surface area contributed by atoms with Crippen molar-refractivity contribution in [1.82, 2.24) is 36.0 Å². The molecule has 0 saturated carbocycles. The lowest BCUT2D eigenvalue weighted by molar-refractivity contribution is -0.150. The molecule has 0 saturated heterocycles. The highest BCUT2D eigenvalue weighted by Crippen LogP contribution is 2.25. The largest absolute Gasteiger partial charge is 0.465 e. The van der Waals surface area contributed by atoms with Gasteiger partial charge in [-0.05, 0) is 149 Å². The highest BCUT2D eigenvalue weighted by atomic mass is 16.5. The van der Waals surface area contributed by atoms with Gasteiger partial charge in [0.05, 0.1) is 50.1 Å². The minimum atomic E-state index is -1.50. The van der Waals surface area contributed by atoms with Crippen molar-refractivity contribution in [3.63, 3.8) is 0 Å². The van der Waals surface area contributed by atoms with Crippen LogP contribution in [0.4, 0.5) is 0 Å². The Morgan fingerprint density at radius 1 is 0.246 bits per heavy atom. The van der Waals surface area contributed by atoms with E-state index in [1.807, 2.05) is 7.05 Å². The van der Waals surface area contributed by atoms with E-state index in [-0.39, 0.29) is 139 Å². The van der Waals surface area contributed by atoms with E-state index in [0.717, 1.165) is 257 Å². The van der Waals surface area contributed by atoms with Crippen molar-refractivity contribution in [2.45, 2.75) is 401 Å². The fourth-order valence-electron chi connectivity index (χ4n) is 14.5. The first-order valence-corrected chi connectivity index (χ1v) is 46.9. The molecule has 8 N–H and O–H groups in total. The lowest BCUT2D eigenvalue weighted by atomic mass is 9.94. The Kier molecular flexibility index (Phi) is 75.2. The van der Waals surface area contributed by atoms with Crippen molar-refractivity contribution < 1.29 is 77.7 Å². The Bertz CT molecular complexity index is 1980. The Morgan fingerprint density at radius 3 is 0.605 bits per heavy atom. The maximum absolute atomic E-state index is 13.4. The fourth-order valence-corrected chi connectivity index (χ4v) is 14.5. The summed E-state index contributed by atoms with van der Waals surface area (Å²) in [5.74, 6) is -3.50. The van der Waals surface area contributed by atoms with E-state index >= 15 is 0 Å². The molecule has 23 nitrogen and oxygen atoms in total. The predicted molar refractivity (Wildman–Crippen MR) is 460 cm³/mol. The van der Waals surface area contributed by atoms with E-state index in [9.17, 15) is 58.8 Å². The first-order chi connectivity index (χ1) is 55.3. The summed E-state index contributed by atoms with van der Waals surface area (Å²) in [6.45, 7) is 20.2. The van der Waals surface area contributed by atoms with Crippen LogP contribution in [0.5, 0.6) is 0 Å². The van der Waals surface area contributed by atoms with E-state index in [1.165, 1.54) is 0 Å². The number of rotatable bonds is 84. The maximum Gasteiger partial charge on any atom is 0.308 e. The van der Waals surface area contributed by atoms with Gasteiger partial charge in [0, 0.05) is 52.4 Å².